The number of hydrogen-bond acceptors (Lipinski definition) is 3. The summed E-state index contributed by atoms with van der Waals surface area (Å²) in [6.07, 6.45) is 2.68. The Balaban J connectivity index is 1.46. The maximum atomic E-state index is 12.5. The lowest BCUT2D eigenvalue weighted by molar-refractivity contribution is 0.0836. The van der Waals surface area contributed by atoms with Gasteiger partial charge in [-0.25, -0.2) is 0 Å². The molecule has 0 aliphatic carbocycles. The average Bonchev–Trinajstić information content (AvgIpc) is 2.64. The molecule has 132 valence electrons. The van der Waals surface area contributed by atoms with Crippen LogP contribution >= 0.6 is 11.6 Å². The van der Waals surface area contributed by atoms with Crippen LogP contribution in [0.15, 0.2) is 54.6 Å². The number of rotatable bonds is 6. The minimum Gasteiger partial charge on any atom is -0.326 e. The summed E-state index contributed by atoms with van der Waals surface area (Å²) in [5, 5.41) is 0.752. The minimum atomic E-state index is 0.0996. The number of nitrogens with two attached hydrogens (primary N) is 1. The van der Waals surface area contributed by atoms with Crippen molar-refractivity contribution in [2.24, 2.45) is 11.7 Å². The van der Waals surface area contributed by atoms with Gasteiger partial charge in [-0.2, -0.15) is 0 Å². The largest absolute Gasteiger partial charge is 0.326 e. The van der Waals surface area contributed by atoms with E-state index in [0.717, 1.165) is 49.5 Å². The van der Waals surface area contributed by atoms with Crippen molar-refractivity contribution in [3.8, 4) is 0 Å². The van der Waals surface area contributed by atoms with Gasteiger partial charge in [-0.15, -0.1) is 0 Å². The molecule has 1 atom stereocenters. The number of carbonyl (C=O) groups is 1. The van der Waals surface area contributed by atoms with E-state index in [-0.39, 0.29) is 17.7 Å². The molecule has 3 rings (SSSR count). The van der Waals surface area contributed by atoms with Crippen LogP contribution < -0.4 is 5.73 Å². The molecular weight excluding hydrogens is 332 g/mol. The Hall–Kier alpha value is -1.68. The van der Waals surface area contributed by atoms with Crippen molar-refractivity contribution in [2.75, 3.05) is 19.6 Å². The van der Waals surface area contributed by atoms with E-state index in [2.05, 4.69) is 4.90 Å². The summed E-state index contributed by atoms with van der Waals surface area (Å²) in [6.45, 7) is 2.75. The number of carbonyl (C=O) groups excluding carboxylic acids is 1. The van der Waals surface area contributed by atoms with Crippen LogP contribution in [0.25, 0.3) is 0 Å². The second-order valence-electron chi connectivity index (χ2n) is 6.90. The Labute approximate surface area is 154 Å². The maximum Gasteiger partial charge on any atom is 0.166 e. The summed E-state index contributed by atoms with van der Waals surface area (Å²) >= 11 is 5.92. The van der Waals surface area contributed by atoms with Crippen LogP contribution in [0.4, 0.5) is 0 Å². The first-order valence-corrected chi connectivity index (χ1v) is 9.31. The normalized spacial score (nSPS) is 17.4. The van der Waals surface area contributed by atoms with Gasteiger partial charge in [0.15, 0.2) is 5.78 Å². The minimum absolute atomic E-state index is 0.0996. The third-order valence-electron chi connectivity index (χ3n) is 4.92. The number of nitrogens with zero attached hydrogens (tertiary/aromatic N) is 1. The third-order valence-corrected chi connectivity index (χ3v) is 5.17. The zero-order valence-corrected chi connectivity index (χ0v) is 15.2. The molecule has 0 amide bonds. The molecule has 0 spiro atoms. The number of likely N-dealkylation sites (tertiary alicyclic amines) is 1. The quantitative estimate of drug-likeness (QED) is 0.801. The lowest BCUT2D eigenvalue weighted by atomic mass is 9.88. The van der Waals surface area contributed by atoms with E-state index >= 15 is 0 Å². The van der Waals surface area contributed by atoms with Crippen LogP contribution in [0.2, 0.25) is 5.02 Å². The summed E-state index contributed by atoms with van der Waals surface area (Å²) in [5.41, 5.74) is 8.37. The Morgan fingerprint density at radius 2 is 1.72 bits per heavy atom. The van der Waals surface area contributed by atoms with E-state index in [0.29, 0.717) is 0 Å². The lowest BCUT2D eigenvalue weighted by Gasteiger charge is -2.33. The number of Topliss-reactive ketones (excluding diaryl/α,β-unsaturated/α-hetero) is 1. The number of hydrogen-bond donors (Lipinski definition) is 1. The number of ketones is 1. The van der Waals surface area contributed by atoms with Crippen LogP contribution in [-0.4, -0.2) is 36.4 Å². The van der Waals surface area contributed by atoms with Crippen molar-refractivity contribution in [2.45, 2.75) is 25.3 Å². The zero-order chi connectivity index (χ0) is 17.6. The Bertz CT molecular complexity index is 679. The van der Waals surface area contributed by atoms with Gasteiger partial charge in [0.1, 0.15) is 0 Å². The molecular formula is C21H25ClN2O. The second-order valence-corrected chi connectivity index (χ2v) is 7.33. The molecule has 2 aromatic carbocycles. The van der Waals surface area contributed by atoms with Crippen LogP contribution in [0, 0.1) is 5.92 Å². The van der Waals surface area contributed by atoms with Gasteiger partial charge in [0.2, 0.25) is 0 Å². The molecule has 2 N–H and O–H groups in total. The monoisotopic (exact) mass is 356 g/mol. The summed E-state index contributed by atoms with van der Waals surface area (Å²) in [7, 11) is 0. The molecule has 0 saturated carbocycles. The van der Waals surface area contributed by atoms with Gasteiger partial charge in [0.25, 0.3) is 0 Å². The van der Waals surface area contributed by atoms with E-state index in [1.165, 1.54) is 5.56 Å². The average molecular weight is 357 g/mol. The van der Waals surface area contributed by atoms with Gasteiger partial charge < -0.3 is 10.6 Å². The van der Waals surface area contributed by atoms with E-state index in [9.17, 15) is 4.79 Å². The number of halogens is 1. The van der Waals surface area contributed by atoms with Crippen LogP contribution in [-0.2, 0) is 6.42 Å². The molecule has 1 fully saturated rings. The number of piperidine rings is 1. The van der Waals surface area contributed by atoms with Gasteiger partial charge in [-0.3, -0.25) is 4.79 Å². The van der Waals surface area contributed by atoms with Crippen LogP contribution in [0.1, 0.15) is 28.8 Å². The molecule has 1 heterocycles. The zero-order valence-electron chi connectivity index (χ0n) is 14.4. The molecule has 4 heteroatoms. The van der Waals surface area contributed by atoms with E-state index < -0.39 is 0 Å². The standard InChI is InChI=1S/C21H25ClN2O/c22-19-8-6-16(7-9-19)14-20(23)15-24-12-10-18(11-13-24)21(25)17-4-2-1-3-5-17/h1-9,18,20H,10-15,23H2. The first kappa shape index (κ1) is 18.1. The van der Waals surface area contributed by atoms with Crippen molar-refractivity contribution in [1.82, 2.24) is 4.90 Å². The molecule has 1 unspecified atom stereocenters. The van der Waals surface area contributed by atoms with Crippen LogP contribution in [0.5, 0.6) is 0 Å². The highest BCUT2D eigenvalue weighted by Crippen LogP contribution is 2.22. The van der Waals surface area contributed by atoms with Crippen molar-refractivity contribution in [3.05, 3.63) is 70.7 Å². The molecule has 1 aliphatic heterocycles. The van der Waals surface area contributed by atoms with Gasteiger partial charge in [0.05, 0.1) is 0 Å². The van der Waals surface area contributed by atoms with Crippen molar-refractivity contribution < 1.29 is 4.79 Å². The highest BCUT2D eigenvalue weighted by molar-refractivity contribution is 6.30. The molecule has 1 aliphatic rings. The fourth-order valence-corrected chi connectivity index (χ4v) is 3.66. The summed E-state index contributed by atoms with van der Waals surface area (Å²) < 4.78 is 0. The SMILES string of the molecule is NC(Cc1ccc(Cl)cc1)CN1CCC(C(=O)c2ccccc2)CC1. The Morgan fingerprint density at radius 3 is 2.36 bits per heavy atom. The molecule has 0 radical (unpaired) electrons. The van der Waals surface area contributed by atoms with Crippen molar-refractivity contribution in [1.29, 1.82) is 0 Å². The Kier molecular flexibility index (Phi) is 6.24. The van der Waals surface area contributed by atoms with Crippen molar-refractivity contribution in [3.63, 3.8) is 0 Å². The van der Waals surface area contributed by atoms with Gasteiger partial charge in [-0.1, -0.05) is 54.1 Å². The second kappa shape index (κ2) is 8.61. The highest BCUT2D eigenvalue weighted by atomic mass is 35.5. The predicted octanol–water partition coefficient (Wildman–Crippen LogP) is 3.80. The maximum absolute atomic E-state index is 12.5. The van der Waals surface area contributed by atoms with E-state index in [1.807, 2.05) is 54.6 Å². The topological polar surface area (TPSA) is 46.3 Å². The number of benzene rings is 2. The van der Waals surface area contributed by atoms with Gasteiger partial charge >= 0.3 is 0 Å². The summed E-state index contributed by atoms with van der Waals surface area (Å²) in [4.78, 5) is 14.9. The Morgan fingerprint density at radius 1 is 1.08 bits per heavy atom. The summed E-state index contributed by atoms with van der Waals surface area (Å²) in [6, 6.07) is 17.6. The molecule has 1 saturated heterocycles. The fraction of sp³-hybridized carbons (Fsp3) is 0.381. The molecule has 0 bridgehead atoms. The van der Waals surface area contributed by atoms with E-state index in [1.54, 1.807) is 0 Å². The smallest absolute Gasteiger partial charge is 0.166 e. The van der Waals surface area contributed by atoms with E-state index in [4.69, 9.17) is 17.3 Å². The van der Waals surface area contributed by atoms with Crippen LogP contribution in [0.3, 0.4) is 0 Å². The third kappa shape index (κ3) is 5.15. The molecule has 25 heavy (non-hydrogen) atoms. The molecule has 0 aromatic heterocycles. The first-order chi connectivity index (χ1) is 12.1. The fourth-order valence-electron chi connectivity index (χ4n) is 3.54. The molecule has 2 aromatic rings. The molecule has 3 nitrogen and oxygen atoms in total. The van der Waals surface area contributed by atoms with Gasteiger partial charge in [0, 0.05) is 29.1 Å². The summed E-state index contributed by atoms with van der Waals surface area (Å²) in [5.74, 6) is 0.428. The highest BCUT2D eigenvalue weighted by Gasteiger charge is 2.26. The van der Waals surface area contributed by atoms with Crippen molar-refractivity contribution >= 4 is 17.4 Å². The predicted molar refractivity (Wildman–Crippen MR) is 103 cm³/mol. The first-order valence-electron chi connectivity index (χ1n) is 8.93. The van der Waals surface area contributed by atoms with Gasteiger partial charge in [-0.05, 0) is 50.0 Å². The lowest BCUT2D eigenvalue weighted by Crippen LogP contribution is -2.43.